The van der Waals surface area contributed by atoms with Gasteiger partial charge in [-0.2, -0.15) is 0 Å². The Hall–Kier alpha value is -2.27. The molecule has 106 valence electrons. The van der Waals surface area contributed by atoms with Crippen molar-refractivity contribution in [2.75, 3.05) is 11.5 Å². The normalized spacial score (nSPS) is 10.9. The molecule has 4 nitrogen and oxygen atoms in total. The molecule has 0 amide bonds. The Bertz CT molecular complexity index is 801. The molecule has 3 aromatic rings. The van der Waals surface area contributed by atoms with Gasteiger partial charge in [-0.25, -0.2) is 9.97 Å². The molecule has 0 unspecified atom stereocenters. The Morgan fingerprint density at radius 3 is 2.67 bits per heavy atom. The van der Waals surface area contributed by atoms with E-state index in [1.807, 2.05) is 49.4 Å². The third-order valence-electron chi connectivity index (χ3n) is 3.32. The first kappa shape index (κ1) is 13.7. The van der Waals surface area contributed by atoms with Crippen molar-refractivity contribution in [3.8, 4) is 0 Å². The minimum absolute atomic E-state index is 0.522. The number of hydrogen-bond donors (Lipinski definition) is 2. The molecule has 1 aromatic heterocycles. The number of aromatic nitrogens is 2. The maximum absolute atomic E-state index is 6.08. The zero-order chi connectivity index (χ0) is 14.8. The molecule has 0 spiro atoms. The van der Waals surface area contributed by atoms with Crippen molar-refractivity contribution in [2.45, 2.75) is 17.6 Å². The first-order valence-corrected chi connectivity index (χ1v) is 7.63. The average molecular weight is 296 g/mol. The molecule has 0 saturated carbocycles. The zero-order valence-electron chi connectivity index (χ0n) is 11.7. The number of nitrogens with zero attached hydrogens (tertiary/aromatic N) is 2. The second-order valence-corrected chi connectivity index (χ2v) is 5.83. The Morgan fingerprint density at radius 2 is 1.81 bits per heavy atom. The van der Waals surface area contributed by atoms with Crippen LogP contribution in [-0.2, 0) is 5.75 Å². The van der Waals surface area contributed by atoms with Crippen molar-refractivity contribution in [1.82, 2.24) is 9.97 Å². The molecule has 3 rings (SSSR count). The summed E-state index contributed by atoms with van der Waals surface area (Å²) in [7, 11) is 0. The summed E-state index contributed by atoms with van der Waals surface area (Å²) in [5.41, 5.74) is 14.8. The summed E-state index contributed by atoms with van der Waals surface area (Å²) in [4.78, 5) is 9.97. The van der Waals surface area contributed by atoms with E-state index < -0.39 is 0 Å². The van der Waals surface area contributed by atoms with Gasteiger partial charge in [0.15, 0.2) is 0 Å². The highest BCUT2D eigenvalue weighted by Gasteiger charge is 2.07. The lowest BCUT2D eigenvalue weighted by Gasteiger charge is -2.08. The van der Waals surface area contributed by atoms with Crippen molar-refractivity contribution in [3.63, 3.8) is 0 Å². The van der Waals surface area contributed by atoms with Gasteiger partial charge in [-0.15, -0.1) is 11.8 Å². The van der Waals surface area contributed by atoms with Gasteiger partial charge in [0.1, 0.15) is 11.6 Å². The van der Waals surface area contributed by atoms with Crippen LogP contribution in [0.25, 0.3) is 10.9 Å². The lowest BCUT2D eigenvalue weighted by Crippen LogP contribution is -2.00. The fourth-order valence-corrected chi connectivity index (χ4v) is 3.04. The fourth-order valence-electron chi connectivity index (χ4n) is 2.14. The molecule has 0 bridgehead atoms. The summed E-state index contributed by atoms with van der Waals surface area (Å²) >= 11 is 1.63. The highest BCUT2D eigenvalue weighted by atomic mass is 32.2. The zero-order valence-corrected chi connectivity index (χ0v) is 12.5. The van der Waals surface area contributed by atoms with Crippen LogP contribution < -0.4 is 11.5 Å². The predicted molar refractivity (Wildman–Crippen MR) is 89.1 cm³/mol. The average Bonchev–Trinajstić information content (AvgIpc) is 2.49. The van der Waals surface area contributed by atoms with Gasteiger partial charge in [-0.3, -0.25) is 0 Å². The number of rotatable bonds is 3. The molecule has 0 aliphatic carbocycles. The minimum atomic E-state index is 0.522. The number of hydrogen-bond acceptors (Lipinski definition) is 5. The van der Waals surface area contributed by atoms with E-state index in [2.05, 4.69) is 9.97 Å². The first-order valence-electron chi connectivity index (χ1n) is 6.64. The summed E-state index contributed by atoms with van der Waals surface area (Å²) in [6, 6.07) is 13.8. The van der Waals surface area contributed by atoms with Crippen LogP contribution in [0.3, 0.4) is 0 Å². The van der Waals surface area contributed by atoms with E-state index in [0.717, 1.165) is 32.9 Å². The van der Waals surface area contributed by atoms with Crippen molar-refractivity contribution in [2.24, 2.45) is 0 Å². The number of nitrogens with two attached hydrogens (primary N) is 2. The third kappa shape index (κ3) is 2.78. The number of anilines is 2. The molecule has 0 fully saturated rings. The van der Waals surface area contributed by atoms with Gasteiger partial charge in [0.05, 0.1) is 11.3 Å². The fraction of sp³-hybridized carbons (Fsp3) is 0.125. The highest BCUT2D eigenvalue weighted by molar-refractivity contribution is 7.98. The minimum Gasteiger partial charge on any atom is -0.398 e. The summed E-state index contributed by atoms with van der Waals surface area (Å²) < 4.78 is 0. The van der Waals surface area contributed by atoms with Crippen LogP contribution in [0.15, 0.2) is 47.4 Å². The van der Waals surface area contributed by atoms with Crippen molar-refractivity contribution < 1.29 is 0 Å². The second-order valence-electron chi connectivity index (χ2n) is 4.82. The monoisotopic (exact) mass is 296 g/mol. The van der Waals surface area contributed by atoms with Crippen molar-refractivity contribution in [1.29, 1.82) is 0 Å². The quantitative estimate of drug-likeness (QED) is 0.572. The number of thioether (sulfide) groups is 1. The molecule has 21 heavy (non-hydrogen) atoms. The lowest BCUT2D eigenvalue weighted by molar-refractivity contribution is 1.08. The van der Waals surface area contributed by atoms with E-state index in [4.69, 9.17) is 11.5 Å². The summed E-state index contributed by atoms with van der Waals surface area (Å²) in [6.45, 7) is 2.00. The van der Waals surface area contributed by atoms with Gasteiger partial charge >= 0.3 is 0 Å². The molecule has 0 atom stereocenters. The molecule has 0 aliphatic rings. The van der Waals surface area contributed by atoms with Gasteiger partial charge in [0, 0.05) is 16.0 Å². The lowest BCUT2D eigenvalue weighted by atomic mass is 10.2. The molecule has 0 saturated heterocycles. The molecular weight excluding hydrogens is 280 g/mol. The second kappa shape index (κ2) is 5.61. The summed E-state index contributed by atoms with van der Waals surface area (Å²) in [5, 5.41) is 0.890. The predicted octanol–water partition coefficient (Wildman–Crippen LogP) is 3.39. The Morgan fingerprint density at radius 1 is 1.00 bits per heavy atom. The number of fused-ring (bicyclic) bond motifs is 1. The van der Waals surface area contributed by atoms with Gasteiger partial charge in [-0.05, 0) is 30.7 Å². The van der Waals surface area contributed by atoms with E-state index in [1.165, 1.54) is 0 Å². The SMILES string of the molecule is Cc1cccc(SCc2nc(N)c3ccccc3n2)c1N. The van der Waals surface area contributed by atoms with Gasteiger partial charge < -0.3 is 11.5 Å². The smallest absolute Gasteiger partial charge is 0.141 e. The van der Waals surface area contributed by atoms with Crippen LogP contribution in [0.2, 0.25) is 0 Å². The van der Waals surface area contributed by atoms with E-state index >= 15 is 0 Å². The van der Waals surface area contributed by atoms with Crippen molar-refractivity contribution >= 4 is 34.2 Å². The van der Waals surface area contributed by atoms with Crippen LogP contribution in [0.5, 0.6) is 0 Å². The van der Waals surface area contributed by atoms with Crippen LogP contribution >= 0.6 is 11.8 Å². The maximum Gasteiger partial charge on any atom is 0.141 e. The number of para-hydroxylation sites is 2. The van der Waals surface area contributed by atoms with Crippen LogP contribution in [0.4, 0.5) is 11.5 Å². The first-order chi connectivity index (χ1) is 10.1. The molecular formula is C16H16N4S. The van der Waals surface area contributed by atoms with E-state index in [1.54, 1.807) is 11.8 Å². The highest BCUT2D eigenvalue weighted by Crippen LogP contribution is 2.30. The van der Waals surface area contributed by atoms with E-state index in [9.17, 15) is 0 Å². The standard InChI is InChI=1S/C16H16N4S/c1-10-5-4-8-13(15(10)17)21-9-14-19-12-7-3-2-6-11(12)16(18)20-14/h2-8H,9,17H2,1H3,(H2,18,19,20). The van der Waals surface area contributed by atoms with Crippen molar-refractivity contribution in [3.05, 3.63) is 53.9 Å². The molecule has 1 heterocycles. The van der Waals surface area contributed by atoms with E-state index in [-0.39, 0.29) is 0 Å². The molecule has 4 N–H and O–H groups in total. The van der Waals surface area contributed by atoms with Gasteiger partial charge in [0.25, 0.3) is 0 Å². The maximum atomic E-state index is 6.08. The molecule has 5 heteroatoms. The number of benzene rings is 2. The van der Waals surface area contributed by atoms with Crippen LogP contribution in [0.1, 0.15) is 11.4 Å². The molecule has 0 aliphatic heterocycles. The number of nitrogen functional groups attached to an aromatic ring is 2. The van der Waals surface area contributed by atoms with Gasteiger partial charge in [-0.1, -0.05) is 24.3 Å². The van der Waals surface area contributed by atoms with Crippen LogP contribution in [0, 0.1) is 6.92 Å². The largest absolute Gasteiger partial charge is 0.398 e. The van der Waals surface area contributed by atoms with Crippen LogP contribution in [-0.4, -0.2) is 9.97 Å². The number of aryl methyl sites for hydroxylation is 1. The Kier molecular flexibility index (Phi) is 3.66. The Labute approximate surface area is 127 Å². The molecule has 0 radical (unpaired) electrons. The third-order valence-corrected chi connectivity index (χ3v) is 4.39. The van der Waals surface area contributed by atoms with Gasteiger partial charge in [0.2, 0.25) is 0 Å². The van der Waals surface area contributed by atoms with E-state index in [0.29, 0.717) is 11.6 Å². The summed E-state index contributed by atoms with van der Waals surface area (Å²) in [5.74, 6) is 1.88. The topological polar surface area (TPSA) is 77.8 Å². The summed E-state index contributed by atoms with van der Waals surface area (Å²) in [6.07, 6.45) is 0. The Balaban J connectivity index is 1.87. The molecule has 2 aromatic carbocycles.